The molecule has 0 radical (unpaired) electrons. The Morgan fingerprint density at radius 1 is 1.09 bits per heavy atom. The van der Waals surface area contributed by atoms with Gasteiger partial charge in [0.15, 0.2) is 5.65 Å². The van der Waals surface area contributed by atoms with Gasteiger partial charge in [0.2, 0.25) is 5.91 Å². The maximum Gasteiger partial charge on any atom is 0.264 e. The summed E-state index contributed by atoms with van der Waals surface area (Å²) in [5, 5.41) is 8.66. The summed E-state index contributed by atoms with van der Waals surface area (Å²) in [7, 11) is 1.97. The summed E-state index contributed by atoms with van der Waals surface area (Å²) < 4.78 is 18.2. The minimum Gasteiger partial charge on any atom is -0.354 e. The Hall–Kier alpha value is -4.27. The Kier molecular flexibility index (Phi) is 5.67. The van der Waals surface area contributed by atoms with Crippen LogP contribution in [0.4, 0.5) is 4.39 Å². The van der Waals surface area contributed by atoms with Gasteiger partial charge in [-0.1, -0.05) is 30.3 Å². The van der Waals surface area contributed by atoms with Gasteiger partial charge in [0.25, 0.3) is 5.56 Å². The van der Waals surface area contributed by atoms with Gasteiger partial charge < -0.3 is 9.88 Å². The third-order valence-electron chi connectivity index (χ3n) is 5.86. The lowest BCUT2D eigenvalue weighted by Gasteiger charge is -2.08. The van der Waals surface area contributed by atoms with E-state index >= 15 is 0 Å². The van der Waals surface area contributed by atoms with E-state index in [0.29, 0.717) is 24.1 Å². The molecule has 2 aromatic carbocycles. The van der Waals surface area contributed by atoms with E-state index in [9.17, 15) is 14.0 Å². The third kappa shape index (κ3) is 4.19. The highest BCUT2D eigenvalue weighted by molar-refractivity contribution is 5.89. The van der Waals surface area contributed by atoms with Crippen LogP contribution in [0.3, 0.4) is 0 Å². The molecule has 3 heterocycles. The quantitative estimate of drug-likeness (QED) is 0.406. The summed E-state index contributed by atoms with van der Waals surface area (Å²) in [5.41, 5.74) is 3.10. The van der Waals surface area contributed by atoms with E-state index in [1.54, 1.807) is 16.8 Å². The van der Waals surface area contributed by atoms with Crippen LogP contribution >= 0.6 is 0 Å². The average Bonchev–Trinajstić information content (AvgIpc) is 3.39. The van der Waals surface area contributed by atoms with Crippen LogP contribution < -0.4 is 10.9 Å². The van der Waals surface area contributed by atoms with Crippen LogP contribution in [-0.2, 0) is 31.4 Å². The van der Waals surface area contributed by atoms with Gasteiger partial charge in [-0.3, -0.25) is 14.2 Å². The van der Waals surface area contributed by atoms with Crippen LogP contribution in [0.5, 0.6) is 0 Å². The van der Waals surface area contributed by atoms with E-state index in [1.807, 2.05) is 42.1 Å². The van der Waals surface area contributed by atoms with Crippen molar-refractivity contribution in [2.24, 2.45) is 7.05 Å². The normalized spacial score (nSPS) is 11.4. The van der Waals surface area contributed by atoms with Crippen LogP contribution in [-0.4, -0.2) is 36.4 Å². The minimum absolute atomic E-state index is 0.0811. The lowest BCUT2D eigenvalue weighted by atomic mass is 10.1. The molecule has 3 aromatic heterocycles. The second-order valence-corrected chi connectivity index (χ2v) is 8.22. The van der Waals surface area contributed by atoms with Gasteiger partial charge in [0.05, 0.1) is 25.7 Å². The number of rotatable bonds is 7. The predicted octanol–water partition coefficient (Wildman–Crippen LogP) is 2.63. The van der Waals surface area contributed by atoms with Gasteiger partial charge in [-0.25, -0.2) is 14.1 Å². The molecule has 0 spiro atoms. The lowest BCUT2D eigenvalue weighted by molar-refractivity contribution is -0.120. The van der Waals surface area contributed by atoms with Gasteiger partial charge in [0.1, 0.15) is 17.5 Å². The number of halogens is 1. The molecule has 5 aromatic rings. The number of carbonyl (C=O) groups excluding carboxylic acids is 1. The second-order valence-electron chi connectivity index (χ2n) is 8.22. The Morgan fingerprint density at radius 3 is 2.71 bits per heavy atom. The van der Waals surface area contributed by atoms with Crippen molar-refractivity contribution >= 4 is 27.8 Å². The molecule has 9 heteroatoms. The van der Waals surface area contributed by atoms with Crippen molar-refractivity contribution < 1.29 is 9.18 Å². The number of hydrogen-bond acceptors (Lipinski definition) is 4. The zero-order chi connectivity index (χ0) is 23.7. The first-order valence-corrected chi connectivity index (χ1v) is 10.9. The Balaban J connectivity index is 1.23. The molecule has 0 fully saturated rings. The van der Waals surface area contributed by atoms with E-state index in [4.69, 9.17) is 0 Å². The fourth-order valence-electron chi connectivity index (χ4n) is 4.16. The van der Waals surface area contributed by atoms with Gasteiger partial charge in [-0.2, -0.15) is 5.10 Å². The molecule has 5 rings (SSSR count). The highest BCUT2D eigenvalue weighted by Gasteiger charge is 2.12. The topological polar surface area (TPSA) is 86.7 Å². The number of hydrogen-bond donors (Lipinski definition) is 1. The molecule has 0 aliphatic rings. The molecule has 0 unspecified atom stereocenters. The van der Waals surface area contributed by atoms with E-state index in [-0.39, 0.29) is 30.2 Å². The van der Waals surface area contributed by atoms with E-state index in [0.717, 1.165) is 22.0 Å². The van der Waals surface area contributed by atoms with Crippen molar-refractivity contribution in [1.82, 2.24) is 29.2 Å². The predicted molar refractivity (Wildman–Crippen MR) is 127 cm³/mol. The Morgan fingerprint density at radius 2 is 1.88 bits per heavy atom. The highest BCUT2D eigenvalue weighted by atomic mass is 19.1. The van der Waals surface area contributed by atoms with Crippen molar-refractivity contribution in [1.29, 1.82) is 0 Å². The largest absolute Gasteiger partial charge is 0.354 e. The molecule has 0 saturated heterocycles. The summed E-state index contributed by atoms with van der Waals surface area (Å²) in [4.78, 5) is 29.7. The SMILES string of the molecule is Cn1cc(CC(=O)NCCn2ncc3c(=O)n(Cc4ccc(F)cc4)cnc32)c2ccccc21. The molecule has 0 atom stereocenters. The monoisotopic (exact) mass is 458 g/mol. The molecule has 0 bridgehead atoms. The Labute approximate surface area is 194 Å². The number of aromatic nitrogens is 5. The molecule has 0 aliphatic carbocycles. The van der Waals surface area contributed by atoms with Crippen molar-refractivity contribution in [2.75, 3.05) is 6.54 Å². The molecular formula is C25H23FN6O2. The molecule has 0 saturated carbocycles. The van der Waals surface area contributed by atoms with Crippen molar-refractivity contribution in [3.8, 4) is 0 Å². The fraction of sp³-hybridized carbons (Fsp3) is 0.200. The average molecular weight is 458 g/mol. The standard InChI is InChI=1S/C25H23FN6O2/c1-30-15-18(20-4-2-3-5-22(20)30)12-23(33)27-10-11-32-24-21(13-29-32)25(34)31(16-28-24)14-17-6-8-19(26)9-7-17/h2-9,13,15-16H,10-12,14H2,1H3,(H,27,33). The van der Waals surface area contributed by atoms with Crippen LogP contribution in [0.1, 0.15) is 11.1 Å². The first-order chi connectivity index (χ1) is 16.5. The van der Waals surface area contributed by atoms with E-state index < -0.39 is 0 Å². The number of nitrogens with zero attached hydrogens (tertiary/aromatic N) is 5. The van der Waals surface area contributed by atoms with Crippen LogP contribution in [0.2, 0.25) is 0 Å². The van der Waals surface area contributed by atoms with Crippen molar-refractivity contribution in [3.63, 3.8) is 0 Å². The number of amides is 1. The number of nitrogens with one attached hydrogen (secondary N) is 1. The first kappa shape index (κ1) is 21.6. The van der Waals surface area contributed by atoms with Gasteiger partial charge in [0, 0.05) is 30.7 Å². The van der Waals surface area contributed by atoms with Crippen molar-refractivity contribution in [3.05, 3.63) is 94.5 Å². The minimum atomic E-state index is -0.324. The maximum absolute atomic E-state index is 13.1. The molecular weight excluding hydrogens is 435 g/mol. The van der Waals surface area contributed by atoms with Crippen LogP contribution in [0.25, 0.3) is 21.9 Å². The van der Waals surface area contributed by atoms with Crippen LogP contribution in [0, 0.1) is 5.82 Å². The summed E-state index contributed by atoms with van der Waals surface area (Å²) in [6.07, 6.45) is 5.22. The first-order valence-electron chi connectivity index (χ1n) is 10.9. The molecule has 8 nitrogen and oxygen atoms in total. The molecule has 0 aliphatic heterocycles. The third-order valence-corrected chi connectivity index (χ3v) is 5.86. The Bertz CT molecular complexity index is 1550. The molecule has 1 N–H and O–H groups in total. The maximum atomic E-state index is 13.1. The highest BCUT2D eigenvalue weighted by Crippen LogP contribution is 2.20. The number of aryl methyl sites for hydroxylation is 1. The van der Waals surface area contributed by atoms with Gasteiger partial charge in [-0.05, 0) is 29.3 Å². The smallest absolute Gasteiger partial charge is 0.264 e. The van der Waals surface area contributed by atoms with Crippen molar-refractivity contribution in [2.45, 2.75) is 19.5 Å². The second kappa shape index (κ2) is 8.93. The van der Waals surface area contributed by atoms with E-state index in [1.165, 1.54) is 29.2 Å². The number of benzene rings is 2. The number of carbonyl (C=O) groups is 1. The van der Waals surface area contributed by atoms with Gasteiger partial charge >= 0.3 is 0 Å². The van der Waals surface area contributed by atoms with E-state index in [2.05, 4.69) is 15.4 Å². The summed E-state index contributed by atoms with van der Waals surface area (Å²) in [6.45, 7) is 1.04. The molecule has 34 heavy (non-hydrogen) atoms. The number of fused-ring (bicyclic) bond motifs is 2. The van der Waals surface area contributed by atoms with Crippen LogP contribution in [0.15, 0.2) is 72.0 Å². The zero-order valence-corrected chi connectivity index (χ0v) is 18.6. The molecule has 172 valence electrons. The summed E-state index contributed by atoms with van der Waals surface area (Å²) in [5.74, 6) is -0.405. The molecule has 1 amide bonds. The number of para-hydroxylation sites is 1. The fourth-order valence-corrected chi connectivity index (χ4v) is 4.16. The lowest BCUT2D eigenvalue weighted by Crippen LogP contribution is -2.29. The summed E-state index contributed by atoms with van der Waals surface area (Å²) in [6, 6.07) is 14.0. The van der Waals surface area contributed by atoms with Gasteiger partial charge in [-0.15, -0.1) is 0 Å². The summed E-state index contributed by atoms with van der Waals surface area (Å²) >= 11 is 0. The zero-order valence-electron chi connectivity index (χ0n) is 18.6.